The number of hydrogen-bond donors (Lipinski definition) is 1. The van der Waals surface area contributed by atoms with Crippen LogP contribution in [0.25, 0.3) is 33.4 Å². The number of rotatable bonds is 5. The summed E-state index contributed by atoms with van der Waals surface area (Å²) in [5.41, 5.74) is 5.66. The maximum atomic E-state index is 13.3. The number of H-pyrrole nitrogens is 1. The standard InChI is InChI=1S/C30H27N5O2/c1-37-25-4-2-3-23(17-25)26-19-33-29(22-7-12-31-13-8-22)34-28(26)21-10-15-35(16-11-21)30(36)24-6-5-20-9-14-32-27(20)18-24/h2-9,12-14,17-19,21,32H,10-11,15-16H2,1H3. The summed E-state index contributed by atoms with van der Waals surface area (Å²) in [7, 11) is 1.67. The molecule has 0 atom stereocenters. The topological polar surface area (TPSA) is 84.0 Å². The molecule has 0 radical (unpaired) electrons. The molecule has 1 saturated heterocycles. The van der Waals surface area contributed by atoms with E-state index in [2.05, 4.69) is 16.0 Å². The molecular weight excluding hydrogens is 462 g/mol. The number of nitrogens with one attached hydrogen (secondary N) is 1. The molecule has 7 nitrogen and oxygen atoms in total. The van der Waals surface area contributed by atoms with Gasteiger partial charge in [-0.25, -0.2) is 9.97 Å². The van der Waals surface area contributed by atoms with Crippen molar-refractivity contribution in [3.8, 4) is 28.3 Å². The molecule has 7 heteroatoms. The van der Waals surface area contributed by atoms with E-state index in [4.69, 9.17) is 14.7 Å². The van der Waals surface area contributed by atoms with Crippen molar-refractivity contribution in [3.05, 3.63) is 96.7 Å². The highest BCUT2D eigenvalue weighted by atomic mass is 16.5. The molecule has 1 amide bonds. The minimum absolute atomic E-state index is 0.0723. The number of pyridine rings is 1. The summed E-state index contributed by atoms with van der Waals surface area (Å²) in [6.07, 6.45) is 8.98. The van der Waals surface area contributed by atoms with Crippen molar-refractivity contribution in [2.75, 3.05) is 20.2 Å². The molecule has 6 rings (SSSR count). The van der Waals surface area contributed by atoms with Crippen molar-refractivity contribution < 1.29 is 9.53 Å². The summed E-state index contributed by atoms with van der Waals surface area (Å²) < 4.78 is 5.46. The minimum atomic E-state index is 0.0723. The van der Waals surface area contributed by atoms with Crippen LogP contribution in [0.15, 0.2) is 85.5 Å². The minimum Gasteiger partial charge on any atom is -0.497 e. The fraction of sp³-hybridized carbons (Fsp3) is 0.200. The Labute approximate surface area is 215 Å². The van der Waals surface area contributed by atoms with Crippen LogP contribution >= 0.6 is 0 Å². The van der Waals surface area contributed by atoms with Gasteiger partial charge in [-0.2, -0.15) is 0 Å². The monoisotopic (exact) mass is 489 g/mol. The predicted octanol–water partition coefficient (Wildman–Crippen LogP) is 5.72. The maximum Gasteiger partial charge on any atom is 0.253 e. The van der Waals surface area contributed by atoms with E-state index >= 15 is 0 Å². The molecule has 1 aliphatic heterocycles. The molecule has 184 valence electrons. The van der Waals surface area contributed by atoms with E-state index in [1.54, 1.807) is 19.5 Å². The zero-order chi connectivity index (χ0) is 25.2. The third kappa shape index (κ3) is 4.56. The van der Waals surface area contributed by atoms with Gasteiger partial charge in [-0.1, -0.05) is 18.2 Å². The van der Waals surface area contributed by atoms with Crippen molar-refractivity contribution in [3.63, 3.8) is 0 Å². The van der Waals surface area contributed by atoms with Gasteiger partial charge in [0.25, 0.3) is 5.91 Å². The Morgan fingerprint density at radius 2 is 1.84 bits per heavy atom. The van der Waals surface area contributed by atoms with Crippen LogP contribution in [0.3, 0.4) is 0 Å². The lowest BCUT2D eigenvalue weighted by Crippen LogP contribution is -2.38. The number of aromatic nitrogens is 4. The van der Waals surface area contributed by atoms with Crippen LogP contribution in [0.2, 0.25) is 0 Å². The van der Waals surface area contributed by atoms with E-state index in [1.165, 1.54) is 0 Å². The van der Waals surface area contributed by atoms with E-state index < -0.39 is 0 Å². The van der Waals surface area contributed by atoms with Crippen LogP contribution < -0.4 is 4.74 Å². The molecule has 5 aromatic rings. The van der Waals surface area contributed by atoms with Crippen molar-refractivity contribution in [1.82, 2.24) is 24.8 Å². The first-order valence-electron chi connectivity index (χ1n) is 12.5. The Balaban J connectivity index is 1.29. The number of aromatic amines is 1. The molecule has 2 aromatic carbocycles. The smallest absolute Gasteiger partial charge is 0.253 e. The average molecular weight is 490 g/mol. The van der Waals surface area contributed by atoms with E-state index in [0.717, 1.165) is 51.9 Å². The van der Waals surface area contributed by atoms with Gasteiger partial charge < -0.3 is 14.6 Å². The second-order valence-corrected chi connectivity index (χ2v) is 9.31. The SMILES string of the molecule is COc1cccc(-c2cnc(-c3ccncc3)nc2C2CCN(C(=O)c3ccc4cc[nH]c4c3)CC2)c1. The van der Waals surface area contributed by atoms with Gasteiger partial charge in [0.15, 0.2) is 5.82 Å². The van der Waals surface area contributed by atoms with E-state index in [-0.39, 0.29) is 11.8 Å². The fourth-order valence-electron chi connectivity index (χ4n) is 5.08. The van der Waals surface area contributed by atoms with Crippen molar-refractivity contribution in [2.45, 2.75) is 18.8 Å². The first kappa shape index (κ1) is 22.9. The van der Waals surface area contributed by atoms with Gasteiger partial charge in [0.2, 0.25) is 0 Å². The summed E-state index contributed by atoms with van der Waals surface area (Å²) >= 11 is 0. The first-order valence-corrected chi connectivity index (χ1v) is 12.5. The Hall–Kier alpha value is -4.52. The highest BCUT2D eigenvalue weighted by Gasteiger charge is 2.28. The Bertz CT molecular complexity index is 1560. The number of piperidine rings is 1. The van der Waals surface area contributed by atoms with Gasteiger partial charge in [0.1, 0.15) is 5.75 Å². The summed E-state index contributed by atoms with van der Waals surface area (Å²) in [4.78, 5) is 32.3. The molecule has 0 aliphatic carbocycles. The van der Waals surface area contributed by atoms with Crippen LogP contribution in [0, 0.1) is 0 Å². The molecule has 3 aromatic heterocycles. The zero-order valence-corrected chi connectivity index (χ0v) is 20.6. The van der Waals surface area contributed by atoms with E-state index in [0.29, 0.717) is 24.5 Å². The highest BCUT2D eigenvalue weighted by molar-refractivity contribution is 5.98. The van der Waals surface area contributed by atoms with Crippen molar-refractivity contribution in [2.24, 2.45) is 0 Å². The molecule has 37 heavy (non-hydrogen) atoms. The molecule has 0 saturated carbocycles. The average Bonchev–Trinajstić information content (AvgIpc) is 3.45. The fourth-order valence-corrected chi connectivity index (χ4v) is 5.08. The van der Waals surface area contributed by atoms with Gasteiger partial charge in [-0.05, 0) is 66.3 Å². The molecule has 0 bridgehead atoms. The Kier molecular flexibility index (Phi) is 6.10. The molecule has 1 aliphatic rings. The van der Waals surface area contributed by atoms with Crippen LogP contribution in [0.4, 0.5) is 0 Å². The van der Waals surface area contributed by atoms with Gasteiger partial charge in [0, 0.05) is 66.0 Å². The quantitative estimate of drug-likeness (QED) is 0.342. The van der Waals surface area contributed by atoms with Crippen LogP contribution in [-0.4, -0.2) is 50.9 Å². The molecular formula is C30H27N5O2. The second kappa shape index (κ2) is 9.85. The van der Waals surface area contributed by atoms with Gasteiger partial charge in [-0.3, -0.25) is 9.78 Å². The zero-order valence-electron chi connectivity index (χ0n) is 20.6. The largest absolute Gasteiger partial charge is 0.497 e. The van der Waals surface area contributed by atoms with Crippen molar-refractivity contribution >= 4 is 16.8 Å². The summed E-state index contributed by atoms with van der Waals surface area (Å²) in [6, 6.07) is 19.7. The van der Waals surface area contributed by atoms with Crippen LogP contribution in [0.5, 0.6) is 5.75 Å². The van der Waals surface area contributed by atoms with E-state index in [1.807, 2.05) is 71.9 Å². The van der Waals surface area contributed by atoms with Crippen LogP contribution in [0.1, 0.15) is 34.8 Å². The van der Waals surface area contributed by atoms with Gasteiger partial charge >= 0.3 is 0 Å². The Morgan fingerprint density at radius 1 is 1.00 bits per heavy atom. The number of methoxy groups -OCH3 is 1. The summed E-state index contributed by atoms with van der Waals surface area (Å²) in [5.74, 6) is 1.76. The van der Waals surface area contributed by atoms with E-state index in [9.17, 15) is 4.79 Å². The number of nitrogens with zero attached hydrogens (tertiary/aromatic N) is 4. The van der Waals surface area contributed by atoms with Crippen molar-refractivity contribution in [1.29, 1.82) is 0 Å². The maximum absolute atomic E-state index is 13.3. The van der Waals surface area contributed by atoms with Gasteiger partial charge in [0.05, 0.1) is 12.8 Å². The Morgan fingerprint density at radius 3 is 2.65 bits per heavy atom. The summed E-state index contributed by atoms with van der Waals surface area (Å²) in [6.45, 7) is 1.36. The third-order valence-corrected chi connectivity index (χ3v) is 7.11. The number of carbonyl (C=O) groups excluding carboxylic acids is 1. The number of likely N-dealkylation sites (tertiary alicyclic amines) is 1. The lowest BCUT2D eigenvalue weighted by atomic mass is 9.88. The van der Waals surface area contributed by atoms with Gasteiger partial charge in [-0.15, -0.1) is 0 Å². The summed E-state index contributed by atoms with van der Waals surface area (Å²) in [5, 5.41) is 1.11. The third-order valence-electron chi connectivity index (χ3n) is 7.11. The lowest BCUT2D eigenvalue weighted by molar-refractivity contribution is 0.0712. The number of hydrogen-bond acceptors (Lipinski definition) is 5. The molecule has 0 spiro atoms. The number of benzene rings is 2. The number of amides is 1. The predicted molar refractivity (Wildman–Crippen MR) is 143 cm³/mol. The molecule has 4 heterocycles. The second-order valence-electron chi connectivity index (χ2n) is 9.31. The normalized spacial score (nSPS) is 14.1. The van der Waals surface area contributed by atoms with Crippen LogP contribution in [-0.2, 0) is 0 Å². The molecule has 0 unspecified atom stereocenters. The highest BCUT2D eigenvalue weighted by Crippen LogP contribution is 2.36. The lowest BCUT2D eigenvalue weighted by Gasteiger charge is -2.32. The first-order chi connectivity index (χ1) is 18.2. The number of carbonyl (C=O) groups is 1. The number of ether oxygens (including phenoxy) is 1. The number of fused-ring (bicyclic) bond motifs is 1. The molecule has 1 N–H and O–H groups in total. The molecule has 1 fully saturated rings.